The van der Waals surface area contributed by atoms with Crippen molar-refractivity contribution in [2.24, 2.45) is 0 Å². The first kappa shape index (κ1) is 15.6. The summed E-state index contributed by atoms with van der Waals surface area (Å²) >= 11 is 0. The van der Waals surface area contributed by atoms with Crippen LogP contribution < -0.4 is 4.74 Å². The lowest BCUT2D eigenvalue weighted by Gasteiger charge is -2.21. The number of methoxy groups -OCH3 is 1. The number of ether oxygens (including phenoxy) is 1. The van der Waals surface area contributed by atoms with Gasteiger partial charge in [-0.25, -0.2) is 0 Å². The second kappa shape index (κ2) is 5.90. The third-order valence-corrected chi connectivity index (χ3v) is 4.45. The summed E-state index contributed by atoms with van der Waals surface area (Å²) in [4.78, 5) is 0. The van der Waals surface area contributed by atoms with E-state index in [1.807, 2.05) is 25.1 Å². The summed E-state index contributed by atoms with van der Waals surface area (Å²) in [5.41, 5.74) is 7.70. The van der Waals surface area contributed by atoms with Gasteiger partial charge in [0.25, 0.3) is 0 Å². The molecule has 0 aliphatic heterocycles. The maximum absolute atomic E-state index is 10.9. The minimum absolute atomic E-state index is 0.627. The fraction of sp³-hybridized carbons (Fsp3) is 0.368. The third kappa shape index (κ3) is 2.81. The van der Waals surface area contributed by atoms with Crippen molar-refractivity contribution in [2.75, 3.05) is 7.11 Å². The van der Waals surface area contributed by atoms with Crippen molar-refractivity contribution < 1.29 is 9.84 Å². The molecule has 2 rings (SSSR count). The second-order valence-electron chi connectivity index (χ2n) is 5.81. The molecular formula is C19H24O2. The van der Waals surface area contributed by atoms with Crippen LogP contribution in [-0.4, -0.2) is 12.2 Å². The molecular weight excluding hydrogens is 260 g/mol. The molecule has 0 heterocycles. The normalized spacial score (nSPS) is 12.3. The SMILES string of the molecule is COc1cc(C(O)c2c(C)c(C)cc(C)c2C)ccc1C. The van der Waals surface area contributed by atoms with E-state index in [0.29, 0.717) is 0 Å². The van der Waals surface area contributed by atoms with Crippen LogP contribution in [0.3, 0.4) is 0 Å². The van der Waals surface area contributed by atoms with Crippen LogP contribution in [-0.2, 0) is 0 Å². The highest BCUT2D eigenvalue weighted by Gasteiger charge is 2.19. The standard InChI is InChI=1S/C19H24O2/c1-11-7-8-16(10-17(11)21-6)19(20)18-14(4)12(2)9-13(3)15(18)5/h7-10,19-20H,1-6H3. The number of aliphatic hydroxyl groups excluding tert-OH is 1. The Kier molecular flexibility index (Phi) is 4.38. The van der Waals surface area contributed by atoms with Gasteiger partial charge in [0.1, 0.15) is 11.9 Å². The Morgan fingerprint density at radius 2 is 1.43 bits per heavy atom. The van der Waals surface area contributed by atoms with Gasteiger partial charge in [-0.2, -0.15) is 0 Å². The molecule has 2 aromatic rings. The Hall–Kier alpha value is -1.80. The van der Waals surface area contributed by atoms with Gasteiger partial charge in [0.05, 0.1) is 7.11 Å². The number of benzene rings is 2. The zero-order valence-corrected chi connectivity index (χ0v) is 13.7. The Balaban J connectivity index is 2.57. The van der Waals surface area contributed by atoms with E-state index in [4.69, 9.17) is 4.74 Å². The molecule has 0 spiro atoms. The fourth-order valence-electron chi connectivity index (χ4n) is 2.83. The monoisotopic (exact) mass is 284 g/mol. The van der Waals surface area contributed by atoms with Crippen LogP contribution in [0.4, 0.5) is 0 Å². The molecule has 0 aromatic heterocycles. The minimum atomic E-state index is -0.627. The fourth-order valence-corrected chi connectivity index (χ4v) is 2.83. The molecule has 0 bridgehead atoms. The van der Waals surface area contributed by atoms with Gasteiger partial charge < -0.3 is 9.84 Å². The molecule has 1 unspecified atom stereocenters. The molecule has 2 nitrogen and oxygen atoms in total. The Labute approximate surface area is 127 Å². The van der Waals surface area contributed by atoms with Crippen LogP contribution in [0.2, 0.25) is 0 Å². The first-order chi connectivity index (χ1) is 9.86. The van der Waals surface area contributed by atoms with E-state index >= 15 is 0 Å². The Morgan fingerprint density at radius 1 is 0.857 bits per heavy atom. The maximum atomic E-state index is 10.9. The van der Waals surface area contributed by atoms with Crippen LogP contribution >= 0.6 is 0 Å². The Morgan fingerprint density at radius 3 is 1.95 bits per heavy atom. The van der Waals surface area contributed by atoms with Gasteiger partial charge in [-0.3, -0.25) is 0 Å². The first-order valence-electron chi connectivity index (χ1n) is 7.26. The molecule has 2 heteroatoms. The zero-order chi connectivity index (χ0) is 15.7. The predicted octanol–water partition coefficient (Wildman–Crippen LogP) is 4.32. The first-order valence-corrected chi connectivity index (χ1v) is 7.26. The molecule has 112 valence electrons. The quantitative estimate of drug-likeness (QED) is 0.909. The summed E-state index contributed by atoms with van der Waals surface area (Å²) in [6.45, 7) is 10.3. The zero-order valence-electron chi connectivity index (χ0n) is 13.7. The average Bonchev–Trinajstić information content (AvgIpc) is 2.45. The van der Waals surface area contributed by atoms with Gasteiger partial charge in [0.2, 0.25) is 0 Å². The summed E-state index contributed by atoms with van der Waals surface area (Å²) < 4.78 is 5.37. The lowest BCUT2D eigenvalue weighted by molar-refractivity contribution is 0.218. The lowest BCUT2D eigenvalue weighted by atomic mass is 9.88. The van der Waals surface area contributed by atoms with Crippen molar-refractivity contribution in [3.05, 3.63) is 63.2 Å². The summed E-state index contributed by atoms with van der Waals surface area (Å²) in [6.07, 6.45) is -0.627. The van der Waals surface area contributed by atoms with E-state index in [0.717, 1.165) is 33.6 Å². The van der Waals surface area contributed by atoms with Crippen LogP contribution in [0, 0.1) is 34.6 Å². The van der Waals surface area contributed by atoms with Gasteiger partial charge in [-0.1, -0.05) is 18.2 Å². The molecule has 2 aromatic carbocycles. The smallest absolute Gasteiger partial charge is 0.122 e. The molecule has 0 aliphatic carbocycles. The highest BCUT2D eigenvalue weighted by atomic mass is 16.5. The molecule has 0 fully saturated rings. The number of aryl methyl sites for hydroxylation is 3. The lowest BCUT2D eigenvalue weighted by Crippen LogP contribution is -2.08. The van der Waals surface area contributed by atoms with Gasteiger partial charge in [-0.15, -0.1) is 0 Å². The van der Waals surface area contributed by atoms with Gasteiger partial charge in [0, 0.05) is 0 Å². The molecule has 0 radical (unpaired) electrons. The summed E-state index contributed by atoms with van der Waals surface area (Å²) in [5, 5.41) is 10.9. The molecule has 0 aliphatic rings. The molecule has 1 atom stereocenters. The highest BCUT2D eigenvalue weighted by molar-refractivity contribution is 5.49. The van der Waals surface area contributed by atoms with E-state index in [1.54, 1.807) is 7.11 Å². The van der Waals surface area contributed by atoms with Crippen LogP contribution in [0.25, 0.3) is 0 Å². The van der Waals surface area contributed by atoms with Crippen molar-refractivity contribution in [3.63, 3.8) is 0 Å². The molecule has 1 N–H and O–H groups in total. The van der Waals surface area contributed by atoms with Crippen molar-refractivity contribution in [1.82, 2.24) is 0 Å². The summed E-state index contributed by atoms with van der Waals surface area (Å²) in [7, 11) is 1.66. The number of rotatable bonds is 3. The van der Waals surface area contributed by atoms with Gasteiger partial charge in [0.15, 0.2) is 0 Å². The Bertz CT molecular complexity index is 646. The minimum Gasteiger partial charge on any atom is -0.496 e. The van der Waals surface area contributed by atoms with Crippen molar-refractivity contribution >= 4 is 0 Å². The van der Waals surface area contributed by atoms with Crippen LogP contribution in [0.5, 0.6) is 5.75 Å². The number of hydrogen-bond donors (Lipinski definition) is 1. The van der Waals surface area contributed by atoms with E-state index < -0.39 is 6.10 Å². The number of aliphatic hydroxyl groups is 1. The molecule has 0 saturated heterocycles. The van der Waals surface area contributed by atoms with Crippen molar-refractivity contribution in [2.45, 2.75) is 40.7 Å². The molecule has 0 saturated carbocycles. The third-order valence-electron chi connectivity index (χ3n) is 4.45. The van der Waals surface area contributed by atoms with E-state index in [1.165, 1.54) is 11.1 Å². The largest absolute Gasteiger partial charge is 0.496 e. The number of hydrogen-bond acceptors (Lipinski definition) is 2. The van der Waals surface area contributed by atoms with E-state index in [-0.39, 0.29) is 0 Å². The van der Waals surface area contributed by atoms with Crippen molar-refractivity contribution in [1.29, 1.82) is 0 Å². The van der Waals surface area contributed by atoms with E-state index in [2.05, 4.69) is 33.8 Å². The summed E-state index contributed by atoms with van der Waals surface area (Å²) in [5.74, 6) is 0.811. The van der Waals surface area contributed by atoms with Crippen LogP contribution in [0.15, 0.2) is 24.3 Å². The molecule has 0 amide bonds. The topological polar surface area (TPSA) is 29.5 Å². The van der Waals surface area contributed by atoms with Crippen LogP contribution in [0.1, 0.15) is 45.0 Å². The second-order valence-corrected chi connectivity index (χ2v) is 5.81. The van der Waals surface area contributed by atoms with Gasteiger partial charge >= 0.3 is 0 Å². The maximum Gasteiger partial charge on any atom is 0.122 e. The van der Waals surface area contributed by atoms with Crippen molar-refractivity contribution in [3.8, 4) is 5.75 Å². The predicted molar refractivity (Wildman–Crippen MR) is 87.2 cm³/mol. The van der Waals surface area contributed by atoms with Gasteiger partial charge in [-0.05, 0) is 79.6 Å². The van der Waals surface area contributed by atoms with E-state index in [9.17, 15) is 5.11 Å². The summed E-state index contributed by atoms with van der Waals surface area (Å²) in [6, 6.07) is 8.07. The molecule has 21 heavy (non-hydrogen) atoms. The average molecular weight is 284 g/mol. The highest BCUT2D eigenvalue weighted by Crippen LogP contribution is 2.33.